The van der Waals surface area contributed by atoms with Crippen molar-refractivity contribution in [2.75, 3.05) is 26.5 Å². The predicted molar refractivity (Wildman–Crippen MR) is 169 cm³/mol. The van der Waals surface area contributed by atoms with Crippen LogP contribution in [0.1, 0.15) is 77.2 Å². The number of aliphatic hydroxyl groups excluding tert-OH is 1. The number of likely N-dealkylation sites (tertiary alicyclic amines) is 1. The van der Waals surface area contributed by atoms with Crippen LogP contribution in [0.3, 0.4) is 0 Å². The zero-order valence-electron chi connectivity index (χ0n) is 26.5. The molecular formula is C32H51ClN4O7. The molecule has 2 rings (SSSR count). The number of likely N-dealkylation sites (N-methyl/N-ethyl adjacent to an activating group) is 2. The molecule has 0 radical (unpaired) electrons. The standard InChI is InChI=1S/C32H51ClN4O7/c1-21(2)19-27(31(42)37-18-10-12-26(37)32(43)44)36(4)30(41)25(20-22-13-15-23(38)16-14-22)35-29(40)28(39)24(34-3)11-8-6-5-7-9-17-33/h13-16,21,24-28,34,38-39H,5-12,17-20H2,1-4H3,(H,35,40)(H,43,44)/t24-,25+,26+,27+,28-/m1/s1. The van der Waals surface area contributed by atoms with Crippen molar-refractivity contribution < 1.29 is 34.5 Å². The van der Waals surface area contributed by atoms with Crippen LogP contribution < -0.4 is 10.6 Å². The number of carbonyl (C=O) groups is 4. The molecule has 248 valence electrons. The highest BCUT2D eigenvalue weighted by Gasteiger charge is 2.41. The van der Waals surface area contributed by atoms with Crippen LogP contribution in [0.25, 0.3) is 0 Å². The molecule has 5 atom stereocenters. The highest BCUT2D eigenvalue weighted by molar-refractivity contribution is 6.17. The van der Waals surface area contributed by atoms with Crippen molar-refractivity contribution in [3.8, 4) is 5.75 Å². The van der Waals surface area contributed by atoms with Gasteiger partial charge in [0.25, 0.3) is 5.91 Å². The SMILES string of the molecule is CN[C@H](CCCCCCCCl)[C@@H](O)C(=O)N[C@@H](Cc1ccc(O)cc1)C(=O)N(C)[C@@H](CC(C)C)C(=O)N1CCC[C@H]1C(=O)O. The molecule has 12 heteroatoms. The number of unbranched alkanes of at least 4 members (excludes halogenated alkanes) is 4. The summed E-state index contributed by atoms with van der Waals surface area (Å²) in [5, 5.41) is 36.1. The van der Waals surface area contributed by atoms with Crippen molar-refractivity contribution in [1.82, 2.24) is 20.4 Å². The average molecular weight is 639 g/mol. The number of phenols is 1. The van der Waals surface area contributed by atoms with Gasteiger partial charge in [0.1, 0.15) is 30.0 Å². The molecule has 11 nitrogen and oxygen atoms in total. The molecule has 1 heterocycles. The minimum Gasteiger partial charge on any atom is -0.508 e. The number of rotatable bonds is 19. The molecule has 0 aliphatic carbocycles. The van der Waals surface area contributed by atoms with Crippen LogP contribution in [0.5, 0.6) is 5.75 Å². The largest absolute Gasteiger partial charge is 0.508 e. The van der Waals surface area contributed by atoms with Crippen LogP contribution in [-0.4, -0.2) is 106 Å². The van der Waals surface area contributed by atoms with E-state index in [1.165, 1.54) is 29.0 Å². The number of hydrogen-bond acceptors (Lipinski definition) is 7. The van der Waals surface area contributed by atoms with E-state index in [4.69, 9.17) is 11.6 Å². The molecule has 0 unspecified atom stereocenters. The molecule has 1 aliphatic rings. The maximum Gasteiger partial charge on any atom is 0.326 e. The molecule has 1 saturated heterocycles. The van der Waals surface area contributed by atoms with Gasteiger partial charge >= 0.3 is 5.97 Å². The average Bonchev–Trinajstić information content (AvgIpc) is 3.49. The van der Waals surface area contributed by atoms with Crippen LogP contribution in [0.2, 0.25) is 0 Å². The van der Waals surface area contributed by atoms with Gasteiger partial charge < -0.3 is 35.8 Å². The van der Waals surface area contributed by atoms with Crippen molar-refractivity contribution in [2.45, 2.75) is 108 Å². The van der Waals surface area contributed by atoms with Gasteiger partial charge in [-0.25, -0.2) is 4.79 Å². The normalized spacial score (nSPS) is 17.6. The Kier molecular flexibility index (Phi) is 15.9. The van der Waals surface area contributed by atoms with E-state index in [1.807, 2.05) is 13.8 Å². The Hall–Kier alpha value is -2.89. The number of carboxylic acid groups (broad SMARTS) is 1. The summed E-state index contributed by atoms with van der Waals surface area (Å²) in [4.78, 5) is 55.5. The fourth-order valence-corrected chi connectivity index (χ4v) is 5.89. The third-order valence-electron chi connectivity index (χ3n) is 8.28. The number of alkyl halides is 1. The zero-order chi connectivity index (χ0) is 32.8. The fraction of sp³-hybridized carbons (Fsp3) is 0.688. The van der Waals surface area contributed by atoms with Crippen LogP contribution in [-0.2, 0) is 25.6 Å². The summed E-state index contributed by atoms with van der Waals surface area (Å²) in [7, 11) is 3.17. The van der Waals surface area contributed by atoms with Crippen LogP contribution >= 0.6 is 11.6 Å². The van der Waals surface area contributed by atoms with E-state index in [-0.39, 0.29) is 18.1 Å². The van der Waals surface area contributed by atoms with E-state index in [9.17, 15) is 34.5 Å². The van der Waals surface area contributed by atoms with Gasteiger partial charge in [0.2, 0.25) is 11.8 Å². The van der Waals surface area contributed by atoms with Crippen molar-refractivity contribution in [3.63, 3.8) is 0 Å². The molecule has 1 aliphatic heterocycles. The third kappa shape index (κ3) is 11.2. The first-order valence-corrected chi connectivity index (χ1v) is 16.2. The first kappa shape index (κ1) is 37.3. The van der Waals surface area contributed by atoms with Gasteiger partial charge in [-0.1, -0.05) is 51.7 Å². The van der Waals surface area contributed by atoms with E-state index in [1.54, 1.807) is 19.2 Å². The van der Waals surface area contributed by atoms with Crippen LogP contribution in [0.15, 0.2) is 24.3 Å². The summed E-state index contributed by atoms with van der Waals surface area (Å²) in [6.07, 6.45) is 5.17. The molecule has 44 heavy (non-hydrogen) atoms. The van der Waals surface area contributed by atoms with Crippen molar-refractivity contribution in [1.29, 1.82) is 0 Å². The van der Waals surface area contributed by atoms with Gasteiger partial charge in [-0.05, 0) is 62.8 Å². The number of aliphatic carboxylic acids is 1. The Balaban J connectivity index is 2.26. The Bertz CT molecular complexity index is 1070. The maximum absolute atomic E-state index is 14.0. The molecule has 1 aromatic carbocycles. The van der Waals surface area contributed by atoms with Crippen LogP contribution in [0, 0.1) is 5.92 Å². The van der Waals surface area contributed by atoms with Crippen LogP contribution in [0.4, 0.5) is 0 Å². The second-order valence-electron chi connectivity index (χ2n) is 12.1. The molecule has 1 aromatic rings. The Morgan fingerprint density at radius 1 is 1.07 bits per heavy atom. The van der Waals surface area contributed by atoms with E-state index in [2.05, 4.69) is 10.6 Å². The number of nitrogens with zero attached hydrogens (tertiary/aromatic N) is 2. The third-order valence-corrected chi connectivity index (χ3v) is 8.54. The monoisotopic (exact) mass is 638 g/mol. The summed E-state index contributed by atoms with van der Waals surface area (Å²) in [5.41, 5.74) is 0.656. The van der Waals surface area contributed by atoms with Crippen molar-refractivity contribution in [3.05, 3.63) is 29.8 Å². The lowest BCUT2D eigenvalue weighted by Gasteiger charge is -2.35. The highest BCUT2D eigenvalue weighted by Crippen LogP contribution is 2.23. The second-order valence-corrected chi connectivity index (χ2v) is 12.5. The summed E-state index contributed by atoms with van der Waals surface area (Å²) in [5.74, 6) is -2.06. The number of halogens is 1. The molecule has 0 aromatic heterocycles. The molecule has 1 fully saturated rings. The topological polar surface area (TPSA) is 160 Å². The van der Waals surface area contributed by atoms with E-state index < -0.39 is 54.0 Å². The van der Waals surface area contributed by atoms with Gasteiger partial charge in [0, 0.05) is 31.9 Å². The number of carbonyl (C=O) groups excluding carboxylic acids is 3. The first-order chi connectivity index (χ1) is 20.9. The second kappa shape index (κ2) is 18.8. The zero-order valence-corrected chi connectivity index (χ0v) is 27.3. The minimum absolute atomic E-state index is 0.0170. The molecular weight excluding hydrogens is 588 g/mol. The van der Waals surface area contributed by atoms with E-state index >= 15 is 0 Å². The summed E-state index contributed by atoms with van der Waals surface area (Å²) >= 11 is 5.74. The molecule has 0 bridgehead atoms. The molecule has 5 N–H and O–H groups in total. The Labute approximate surface area is 266 Å². The Morgan fingerprint density at radius 2 is 1.70 bits per heavy atom. The molecule has 0 spiro atoms. The predicted octanol–water partition coefficient (Wildman–Crippen LogP) is 2.90. The number of phenolic OH excluding ortho intramolecular Hbond substituents is 1. The van der Waals surface area contributed by atoms with Crippen molar-refractivity contribution >= 4 is 35.3 Å². The fourth-order valence-electron chi connectivity index (χ4n) is 5.71. The van der Waals surface area contributed by atoms with Gasteiger partial charge in [-0.3, -0.25) is 14.4 Å². The smallest absolute Gasteiger partial charge is 0.326 e. The molecule has 3 amide bonds. The molecule has 0 saturated carbocycles. The highest BCUT2D eigenvalue weighted by atomic mass is 35.5. The number of aromatic hydroxyl groups is 1. The first-order valence-electron chi connectivity index (χ1n) is 15.7. The van der Waals surface area contributed by atoms with Gasteiger partial charge in [-0.2, -0.15) is 0 Å². The number of aliphatic hydroxyl groups is 1. The minimum atomic E-state index is -1.42. The number of carboxylic acids is 1. The lowest BCUT2D eigenvalue weighted by molar-refractivity contribution is -0.153. The quantitative estimate of drug-likeness (QED) is 0.114. The summed E-state index contributed by atoms with van der Waals surface area (Å²) in [6.45, 7) is 4.13. The van der Waals surface area contributed by atoms with E-state index in [0.717, 1.165) is 32.1 Å². The number of hydrogen-bond donors (Lipinski definition) is 5. The maximum atomic E-state index is 14.0. The number of nitrogens with one attached hydrogen (secondary N) is 2. The summed E-state index contributed by atoms with van der Waals surface area (Å²) in [6, 6.07) is 2.70. The van der Waals surface area contributed by atoms with E-state index in [0.29, 0.717) is 43.7 Å². The van der Waals surface area contributed by atoms with Crippen molar-refractivity contribution in [2.24, 2.45) is 5.92 Å². The van der Waals surface area contributed by atoms with Gasteiger partial charge in [-0.15, -0.1) is 11.6 Å². The Morgan fingerprint density at radius 3 is 2.30 bits per heavy atom. The summed E-state index contributed by atoms with van der Waals surface area (Å²) < 4.78 is 0. The number of benzene rings is 1. The lowest BCUT2D eigenvalue weighted by Crippen LogP contribution is -2.58. The van der Waals surface area contributed by atoms with Gasteiger partial charge in [0.05, 0.1) is 0 Å². The van der Waals surface area contributed by atoms with Gasteiger partial charge in [0.15, 0.2) is 0 Å². The lowest BCUT2D eigenvalue weighted by atomic mass is 9.98. The number of amides is 3.